The summed E-state index contributed by atoms with van der Waals surface area (Å²) in [5.41, 5.74) is 2.55. The normalized spacial score (nSPS) is 15.5. The number of aliphatic hydroxyl groups excluding tert-OH is 1. The van der Waals surface area contributed by atoms with Crippen LogP contribution in [0.25, 0.3) is 0 Å². The van der Waals surface area contributed by atoms with E-state index < -0.39 is 6.10 Å². The molecule has 1 fully saturated rings. The first-order valence-corrected chi connectivity index (χ1v) is 7.67. The summed E-state index contributed by atoms with van der Waals surface area (Å²) in [7, 11) is 0. The molecule has 5 heteroatoms. The van der Waals surface area contributed by atoms with Crippen molar-refractivity contribution in [3.63, 3.8) is 0 Å². The second-order valence-corrected chi connectivity index (χ2v) is 5.92. The highest BCUT2D eigenvalue weighted by atomic mass is 16.3. The van der Waals surface area contributed by atoms with Crippen LogP contribution in [0.3, 0.4) is 0 Å². The first kappa shape index (κ1) is 14.8. The number of amides is 1. The van der Waals surface area contributed by atoms with Gasteiger partial charge in [-0.1, -0.05) is 30.3 Å². The predicted octanol–water partition coefficient (Wildman–Crippen LogP) is 1.99. The molecule has 22 heavy (non-hydrogen) atoms. The van der Waals surface area contributed by atoms with Crippen LogP contribution >= 0.6 is 0 Å². The highest BCUT2D eigenvalue weighted by Gasteiger charge is 2.34. The number of aliphatic hydroxyl groups is 1. The van der Waals surface area contributed by atoms with Gasteiger partial charge in [-0.3, -0.25) is 9.89 Å². The molecule has 0 bridgehead atoms. The van der Waals surface area contributed by atoms with Gasteiger partial charge >= 0.3 is 0 Å². The number of H-pyrrole nitrogens is 1. The third kappa shape index (κ3) is 3.54. The average molecular weight is 299 g/mol. The van der Waals surface area contributed by atoms with Gasteiger partial charge in [0.1, 0.15) is 0 Å². The average Bonchev–Trinajstić information content (AvgIpc) is 3.28. The molecule has 1 saturated carbocycles. The molecule has 0 unspecified atom stereocenters. The summed E-state index contributed by atoms with van der Waals surface area (Å²) in [6, 6.07) is 11.6. The minimum absolute atomic E-state index is 0.0315. The Balaban J connectivity index is 1.66. The zero-order valence-corrected chi connectivity index (χ0v) is 12.7. The van der Waals surface area contributed by atoms with Crippen molar-refractivity contribution in [3.05, 3.63) is 53.3 Å². The fourth-order valence-electron chi connectivity index (χ4n) is 2.63. The molecule has 3 rings (SSSR count). The second kappa shape index (κ2) is 6.32. The van der Waals surface area contributed by atoms with Crippen molar-refractivity contribution in [3.8, 4) is 0 Å². The number of nitrogens with zero attached hydrogens (tertiary/aromatic N) is 2. The predicted molar refractivity (Wildman–Crippen MR) is 83.2 cm³/mol. The van der Waals surface area contributed by atoms with Crippen molar-refractivity contribution in [1.29, 1.82) is 0 Å². The standard InChI is InChI=1S/C17H21N3O2/c1-12-9-14(19-18-12)10-17(22)20(15-7-8-15)11-16(21)13-5-3-2-4-6-13/h2-6,9,15-16,21H,7-8,10-11H2,1H3,(H,18,19)/t16-/m0/s1. The zero-order valence-electron chi connectivity index (χ0n) is 12.7. The molecule has 1 aliphatic carbocycles. The summed E-state index contributed by atoms with van der Waals surface area (Å²) in [6.45, 7) is 2.26. The van der Waals surface area contributed by atoms with Crippen LogP contribution in [0.5, 0.6) is 0 Å². The number of hydrogen-bond donors (Lipinski definition) is 2. The van der Waals surface area contributed by atoms with Crippen molar-refractivity contribution < 1.29 is 9.90 Å². The van der Waals surface area contributed by atoms with E-state index >= 15 is 0 Å². The number of carbonyl (C=O) groups is 1. The number of nitrogens with one attached hydrogen (secondary N) is 1. The van der Waals surface area contributed by atoms with E-state index in [9.17, 15) is 9.90 Å². The highest BCUT2D eigenvalue weighted by Crippen LogP contribution is 2.29. The van der Waals surface area contributed by atoms with Gasteiger partial charge in [-0.05, 0) is 31.4 Å². The molecule has 1 heterocycles. The van der Waals surface area contributed by atoms with Gasteiger partial charge in [-0.2, -0.15) is 5.10 Å². The maximum Gasteiger partial charge on any atom is 0.229 e. The molecule has 1 amide bonds. The van der Waals surface area contributed by atoms with Gasteiger partial charge in [0, 0.05) is 11.7 Å². The summed E-state index contributed by atoms with van der Waals surface area (Å²) in [5.74, 6) is 0.0315. The Morgan fingerprint density at radius 3 is 2.73 bits per heavy atom. The number of aryl methyl sites for hydroxylation is 1. The highest BCUT2D eigenvalue weighted by molar-refractivity contribution is 5.79. The molecule has 5 nitrogen and oxygen atoms in total. The molecule has 0 radical (unpaired) electrons. The van der Waals surface area contributed by atoms with E-state index in [1.165, 1.54) is 0 Å². The molecule has 2 aromatic rings. The molecule has 1 aromatic carbocycles. The van der Waals surface area contributed by atoms with Gasteiger partial charge in [0.05, 0.1) is 24.8 Å². The fourth-order valence-corrected chi connectivity index (χ4v) is 2.63. The molecule has 116 valence electrons. The van der Waals surface area contributed by atoms with Gasteiger partial charge in [-0.15, -0.1) is 0 Å². The molecule has 1 aromatic heterocycles. The van der Waals surface area contributed by atoms with Gasteiger partial charge in [0.15, 0.2) is 0 Å². The number of aromatic amines is 1. The summed E-state index contributed by atoms with van der Waals surface area (Å²) in [5, 5.41) is 17.3. The molecule has 0 saturated heterocycles. The van der Waals surface area contributed by atoms with Crippen molar-refractivity contribution in [2.24, 2.45) is 0 Å². The molecule has 1 aliphatic rings. The molecule has 2 N–H and O–H groups in total. The summed E-state index contributed by atoms with van der Waals surface area (Å²) in [6.07, 6.45) is 1.67. The lowest BCUT2D eigenvalue weighted by atomic mass is 10.1. The first-order valence-electron chi connectivity index (χ1n) is 7.67. The summed E-state index contributed by atoms with van der Waals surface area (Å²) in [4.78, 5) is 14.3. The van der Waals surface area contributed by atoms with Gasteiger partial charge in [0.25, 0.3) is 0 Å². The smallest absolute Gasteiger partial charge is 0.229 e. The maximum absolute atomic E-state index is 12.5. The van der Waals surface area contributed by atoms with E-state index in [2.05, 4.69) is 10.2 Å². The van der Waals surface area contributed by atoms with Crippen LogP contribution in [0, 0.1) is 6.92 Å². The van der Waals surface area contributed by atoms with Crippen LogP contribution in [-0.2, 0) is 11.2 Å². The Kier molecular flexibility index (Phi) is 4.24. The largest absolute Gasteiger partial charge is 0.387 e. The van der Waals surface area contributed by atoms with Crippen molar-refractivity contribution >= 4 is 5.91 Å². The van der Waals surface area contributed by atoms with E-state index in [1.807, 2.05) is 48.2 Å². The number of hydrogen-bond acceptors (Lipinski definition) is 3. The lowest BCUT2D eigenvalue weighted by Crippen LogP contribution is -2.37. The minimum Gasteiger partial charge on any atom is -0.387 e. The minimum atomic E-state index is -0.647. The third-order valence-electron chi connectivity index (χ3n) is 3.95. The van der Waals surface area contributed by atoms with Crippen molar-refractivity contribution in [2.45, 2.75) is 38.3 Å². The number of aromatic nitrogens is 2. The Hall–Kier alpha value is -2.14. The lowest BCUT2D eigenvalue weighted by molar-refractivity contribution is -0.132. The number of carbonyl (C=O) groups excluding carboxylic acids is 1. The monoisotopic (exact) mass is 299 g/mol. The third-order valence-corrected chi connectivity index (χ3v) is 3.95. The fraction of sp³-hybridized carbons (Fsp3) is 0.412. The number of benzene rings is 1. The van der Waals surface area contributed by atoms with Crippen LogP contribution in [0.2, 0.25) is 0 Å². The quantitative estimate of drug-likeness (QED) is 0.857. The number of rotatable bonds is 6. The zero-order chi connectivity index (χ0) is 15.5. The van der Waals surface area contributed by atoms with Crippen molar-refractivity contribution in [2.75, 3.05) is 6.54 Å². The molecular formula is C17H21N3O2. The van der Waals surface area contributed by atoms with Crippen molar-refractivity contribution in [1.82, 2.24) is 15.1 Å². The van der Waals surface area contributed by atoms with E-state index in [-0.39, 0.29) is 18.4 Å². The molecule has 0 spiro atoms. The Bertz CT molecular complexity index is 634. The Labute approximate surface area is 130 Å². The van der Waals surface area contributed by atoms with Crippen LogP contribution < -0.4 is 0 Å². The second-order valence-electron chi connectivity index (χ2n) is 5.92. The lowest BCUT2D eigenvalue weighted by Gasteiger charge is -2.25. The van der Waals surface area contributed by atoms with E-state index in [0.717, 1.165) is 29.8 Å². The van der Waals surface area contributed by atoms with E-state index in [1.54, 1.807) is 0 Å². The SMILES string of the molecule is Cc1cc(CC(=O)N(C[C@H](O)c2ccccc2)C2CC2)n[nH]1. The summed E-state index contributed by atoms with van der Waals surface area (Å²) >= 11 is 0. The first-order chi connectivity index (χ1) is 10.6. The van der Waals surface area contributed by atoms with E-state index in [0.29, 0.717) is 6.54 Å². The molecular weight excluding hydrogens is 278 g/mol. The summed E-state index contributed by atoms with van der Waals surface area (Å²) < 4.78 is 0. The van der Waals surface area contributed by atoms with Gasteiger partial charge < -0.3 is 10.0 Å². The maximum atomic E-state index is 12.5. The molecule has 1 atom stereocenters. The van der Waals surface area contributed by atoms with Crippen LogP contribution in [0.1, 0.15) is 35.9 Å². The van der Waals surface area contributed by atoms with Crippen LogP contribution in [0.4, 0.5) is 0 Å². The van der Waals surface area contributed by atoms with Gasteiger partial charge in [0.2, 0.25) is 5.91 Å². The van der Waals surface area contributed by atoms with Crippen LogP contribution in [0.15, 0.2) is 36.4 Å². The Morgan fingerprint density at radius 2 is 2.14 bits per heavy atom. The molecule has 0 aliphatic heterocycles. The topological polar surface area (TPSA) is 69.2 Å². The van der Waals surface area contributed by atoms with Gasteiger partial charge in [-0.25, -0.2) is 0 Å². The Morgan fingerprint density at radius 1 is 1.41 bits per heavy atom. The van der Waals surface area contributed by atoms with Crippen LogP contribution in [-0.4, -0.2) is 38.7 Å². The van der Waals surface area contributed by atoms with E-state index in [4.69, 9.17) is 0 Å².